The molecule has 0 unspecified atom stereocenters. The fraction of sp³-hybridized carbons (Fsp3) is 0.308. The monoisotopic (exact) mass is 522 g/mol. The van der Waals surface area contributed by atoms with E-state index in [4.69, 9.17) is 44.3 Å². The first kappa shape index (κ1) is 24.8. The zero-order valence-corrected chi connectivity index (χ0v) is 21.1. The average molecular weight is 524 g/mol. The van der Waals surface area contributed by atoms with Gasteiger partial charge in [0.2, 0.25) is 0 Å². The normalized spacial score (nSPS) is 13.6. The van der Waals surface area contributed by atoms with Crippen LogP contribution in [0.2, 0.25) is 15.1 Å². The van der Waals surface area contributed by atoms with E-state index < -0.39 is 5.82 Å². The Hall–Kier alpha value is -2.34. The Balaban J connectivity index is 1.42. The molecule has 0 aromatic heterocycles. The number of halogens is 4. The maximum atomic E-state index is 13.3. The topological polar surface area (TPSA) is 33.7 Å². The maximum Gasteiger partial charge on any atom is 0.163 e. The molecule has 0 amide bonds. The Bertz CT molecular complexity index is 1150. The molecule has 1 aliphatic rings. The number of benzene rings is 3. The highest BCUT2D eigenvalue weighted by Crippen LogP contribution is 2.35. The van der Waals surface area contributed by atoms with Gasteiger partial charge in [0.1, 0.15) is 12.4 Å². The number of rotatable bonds is 8. The average Bonchev–Trinajstić information content (AvgIpc) is 2.83. The molecule has 180 valence electrons. The first-order chi connectivity index (χ1) is 16.4. The number of hydrogen-bond donors (Lipinski definition) is 1. The van der Waals surface area contributed by atoms with Crippen LogP contribution >= 0.6 is 34.8 Å². The Kier molecular flexibility index (Phi) is 8.30. The fourth-order valence-electron chi connectivity index (χ4n) is 3.98. The van der Waals surface area contributed by atoms with Gasteiger partial charge < -0.3 is 19.7 Å². The lowest BCUT2D eigenvalue weighted by Crippen LogP contribution is -2.29. The lowest BCUT2D eigenvalue weighted by molar-refractivity contribution is 0.284. The first-order valence-electron chi connectivity index (χ1n) is 11.2. The van der Waals surface area contributed by atoms with Gasteiger partial charge in [0.15, 0.2) is 11.5 Å². The van der Waals surface area contributed by atoms with Gasteiger partial charge >= 0.3 is 0 Å². The molecular weight excluding hydrogens is 498 g/mol. The van der Waals surface area contributed by atoms with Gasteiger partial charge in [-0.3, -0.25) is 0 Å². The van der Waals surface area contributed by atoms with Crippen molar-refractivity contribution in [2.75, 3.05) is 30.4 Å². The Labute approximate surface area is 214 Å². The molecule has 1 aliphatic heterocycles. The smallest absolute Gasteiger partial charge is 0.163 e. The van der Waals surface area contributed by atoms with E-state index in [1.165, 1.54) is 31.4 Å². The van der Waals surface area contributed by atoms with Gasteiger partial charge in [0.25, 0.3) is 0 Å². The summed E-state index contributed by atoms with van der Waals surface area (Å²) in [6.07, 6.45) is 3.68. The van der Waals surface area contributed by atoms with Crippen molar-refractivity contribution in [1.29, 1.82) is 0 Å². The van der Waals surface area contributed by atoms with Crippen molar-refractivity contribution in [3.63, 3.8) is 0 Å². The largest absolute Gasteiger partial charge is 0.493 e. The van der Waals surface area contributed by atoms with Crippen molar-refractivity contribution in [2.45, 2.75) is 32.4 Å². The van der Waals surface area contributed by atoms with Gasteiger partial charge in [-0.15, -0.1) is 0 Å². The van der Waals surface area contributed by atoms with Crippen LogP contribution in [0.5, 0.6) is 11.5 Å². The van der Waals surface area contributed by atoms with Crippen LogP contribution in [0.15, 0.2) is 48.5 Å². The zero-order valence-electron chi connectivity index (χ0n) is 18.8. The molecule has 0 spiro atoms. The Morgan fingerprint density at radius 2 is 1.62 bits per heavy atom. The van der Waals surface area contributed by atoms with Crippen LogP contribution in [-0.2, 0) is 13.2 Å². The van der Waals surface area contributed by atoms with Gasteiger partial charge in [-0.05, 0) is 61.2 Å². The second kappa shape index (κ2) is 11.4. The lowest BCUT2D eigenvalue weighted by atomic mass is 10.1. The molecule has 0 aliphatic carbocycles. The minimum absolute atomic E-state index is 0.158. The van der Waals surface area contributed by atoms with E-state index in [-0.39, 0.29) is 6.61 Å². The quantitative estimate of drug-likeness (QED) is 0.324. The lowest BCUT2D eigenvalue weighted by Gasteiger charge is -2.29. The summed E-state index contributed by atoms with van der Waals surface area (Å²) in [5.74, 6) is 0.622. The molecule has 34 heavy (non-hydrogen) atoms. The van der Waals surface area contributed by atoms with Gasteiger partial charge in [-0.2, -0.15) is 0 Å². The molecule has 1 fully saturated rings. The van der Waals surface area contributed by atoms with Gasteiger partial charge in [-0.25, -0.2) is 4.39 Å². The van der Waals surface area contributed by atoms with Crippen molar-refractivity contribution in [2.24, 2.45) is 0 Å². The molecule has 3 aromatic carbocycles. The SMILES string of the molecule is COc1cc(CNc2ccc(N3CCCCC3)c(Cl)c2)c(Cl)cc1OCc1ccc(F)cc1Cl. The predicted molar refractivity (Wildman–Crippen MR) is 139 cm³/mol. The molecular formula is C26H26Cl3FN2O2. The highest BCUT2D eigenvalue weighted by molar-refractivity contribution is 6.33. The molecule has 1 saturated heterocycles. The molecule has 3 aromatic rings. The highest BCUT2D eigenvalue weighted by Gasteiger charge is 2.15. The zero-order chi connectivity index (χ0) is 24.1. The molecule has 4 rings (SSSR count). The molecule has 8 heteroatoms. The van der Waals surface area contributed by atoms with Gasteiger partial charge in [0.05, 0.1) is 22.8 Å². The van der Waals surface area contributed by atoms with Crippen LogP contribution < -0.4 is 19.7 Å². The van der Waals surface area contributed by atoms with Crippen molar-refractivity contribution in [1.82, 2.24) is 0 Å². The Morgan fingerprint density at radius 3 is 2.32 bits per heavy atom. The molecule has 0 bridgehead atoms. The predicted octanol–water partition coefficient (Wildman–Crippen LogP) is 7.98. The van der Waals surface area contributed by atoms with E-state index in [0.717, 1.165) is 35.1 Å². The Morgan fingerprint density at radius 1 is 0.853 bits per heavy atom. The molecule has 1 heterocycles. The second-order valence-corrected chi connectivity index (χ2v) is 9.41. The summed E-state index contributed by atoms with van der Waals surface area (Å²) in [7, 11) is 1.57. The fourth-order valence-corrected chi connectivity index (χ4v) is 4.73. The summed E-state index contributed by atoms with van der Waals surface area (Å²) in [4.78, 5) is 2.34. The minimum Gasteiger partial charge on any atom is -0.493 e. The van der Waals surface area contributed by atoms with E-state index in [0.29, 0.717) is 33.7 Å². The van der Waals surface area contributed by atoms with E-state index >= 15 is 0 Å². The van der Waals surface area contributed by atoms with Crippen LogP contribution in [0.1, 0.15) is 30.4 Å². The molecule has 0 radical (unpaired) electrons. The number of piperidine rings is 1. The molecule has 0 saturated carbocycles. The highest BCUT2D eigenvalue weighted by atomic mass is 35.5. The summed E-state index contributed by atoms with van der Waals surface area (Å²) in [5, 5.41) is 4.95. The second-order valence-electron chi connectivity index (χ2n) is 8.19. The van der Waals surface area contributed by atoms with Crippen molar-refractivity contribution < 1.29 is 13.9 Å². The summed E-state index contributed by atoms with van der Waals surface area (Å²) >= 11 is 19.2. The number of nitrogens with zero attached hydrogens (tertiary/aromatic N) is 1. The number of methoxy groups -OCH3 is 1. The van der Waals surface area contributed by atoms with Crippen LogP contribution in [-0.4, -0.2) is 20.2 Å². The van der Waals surface area contributed by atoms with E-state index in [2.05, 4.69) is 16.3 Å². The number of hydrogen-bond acceptors (Lipinski definition) is 4. The standard InChI is InChI=1S/C26H26Cl3FN2O2/c1-33-25-11-18(22(28)14-26(25)34-16-17-5-6-19(30)12-21(17)27)15-31-20-7-8-24(23(29)13-20)32-9-3-2-4-10-32/h5-8,11-14,31H,2-4,9-10,15-16H2,1H3. The number of nitrogens with one attached hydrogen (secondary N) is 1. The van der Waals surface area contributed by atoms with E-state index in [1.54, 1.807) is 19.2 Å². The van der Waals surface area contributed by atoms with Crippen LogP contribution in [0.4, 0.5) is 15.8 Å². The van der Waals surface area contributed by atoms with E-state index in [1.807, 2.05) is 18.2 Å². The third kappa shape index (κ3) is 6.01. The van der Waals surface area contributed by atoms with Crippen LogP contribution in [0.3, 0.4) is 0 Å². The van der Waals surface area contributed by atoms with Gasteiger partial charge in [0, 0.05) is 42.0 Å². The van der Waals surface area contributed by atoms with Gasteiger partial charge in [-0.1, -0.05) is 40.9 Å². The first-order valence-corrected chi connectivity index (χ1v) is 12.3. The van der Waals surface area contributed by atoms with Crippen LogP contribution in [0.25, 0.3) is 0 Å². The maximum absolute atomic E-state index is 13.3. The van der Waals surface area contributed by atoms with Crippen molar-refractivity contribution in [3.8, 4) is 11.5 Å². The summed E-state index contributed by atoms with van der Waals surface area (Å²) in [5.41, 5.74) is 3.50. The summed E-state index contributed by atoms with van der Waals surface area (Å²) in [6.45, 7) is 2.73. The molecule has 0 atom stereocenters. The van der Waals surface area contributed by atoms with E-state index in [9.17, 15) is 4.39 Å². The molecule has 1 N–H and O–H groups in total. The van der Waals surface area contributed by atoms with Crippen molar-refractivity contribution in [3.05, 3.63) is 80.5 Å². The summed E-state index contributed by atoms with van der Waals surface area (Å²) in [6, 6.07) is 13.8. The summed E-state index contributed by atoms with van der Waals surface area (Å²) < 4.78 is 24.6. The van der Waals surface area contributed by atoms with Crippen LogP contribution in [0, 0.1) is 5.82 Å². The third-order valence-corrected chi connectivity index (χ3v) is 6.86. The van der Waals surface area contributed by atoms with Crippen molar-refractivity contribution >= 4 is 46.2 Å². The molecule has 4 nitrogen and oxygen atoms in total. The minimum atomic E-state index is -0.395. The third-order valence-electron chi connectivity index (χ3n) is 5.86. The number of ether oxygens (including phenoxy) is 2. The number of anilines is 2.